The van der Waals surface area contributed by atoms with Gasteiger partial charge in [-0.15, -0.1) is 11.3 Å². The summed E-state index contributed by atoms with van der Waals surface area (Å²) in [6.07, 6.45) is 2.14. The predicted octanol–water partition coefficient (Wildman–Crippen LogP) is 1.56. The molecule has 82 valence electrons. The van der Waals surface area contributed by atoms with Crippen molar-refractivity contribution in [3.8, 4) is 0 Å². The number of rotatable bonds is 3. The topological polar surface area (TPSA) is 49.3 Å². The van der Waals surface area contributed by atoms with Gasteiger partial charge in [-0.25, -0.2) is 0 Å². The summed E-state index contributed by atoms with van der Waals surface area (Å²) in [5.74, 6) is -0.00315. The Morgan fingerprint density at radius 2 is 2.33 bits per heavy atom. The van der Waals surface area contributed by atoms with Crippen molar-refractivity contribution in [3.63, 3.8) is 0 Å². The largest absolute Gasteiger partial charge is 0.393 e. The molecular weight excluding hydrogens is 210 g/mol. The van der Waals surface area contributed by atoms with Crippen LogP contribution in [0.5, 0.6) is 0 Å². The number of aliphatic hydroxyl groups is 1. The summed E-state index contributed by atoms with van der Waals surface area (Å²) in [7, 11) is 0. The second-order valence-corrected chi connectivity index (χ2v) is 5.08. The van der Waals surface area contributed by atoms with Crippen LogP contribution in [0.4, 0.5) is 0 Å². The van der Waals surface area contributed by atoms with Crippen molar-refractivity contribution >= 4 is 17.2 Å². The van der Waals surface area contributed by atoms with Crippen LogP contribution >= 0.6 is 11.3 Å². The standard InChI is InChI=1S/C11H15NO2S/c1-2-9-3-4-10(15-9)11(14)12-7-5-8(13)6-7/h3-4,7-8,13H,2,5-6H2,1H3,(H,12,14). The minimum Gasteiger partial charge on any atom is -0.393 e. The van der Waals surface area contributed by atoms with Crippen molar-refractivity contribution in [2.24, 2.45) is 0 Å². The Balaban J connectivity index is 1.90. The van der Waals surface area contributed by atoms with Gasteiger partial charge in [0.2, 0.25) is 0 Å². The van der Waals surface area contributed by atoms with Gasteiger partial charge >= 0.3 is 0 Å². The summed E-state index contributed by atoms with van der Waals surface area (Å²) in [5, 5.41) is 12.0. The first-order valence-electron chi connectivity index (χ1n) is 5.26. The van der Waals surface area contributed by atoms with Crippen molar-refractivity contribution in [2.45, 2.75) is 38.3 Å². The molecule has 1 fully saturated rings. The summed E-state index contributed by atoms with van der Waals surface area (Å²) in [6, 6.07) is 4.03. The summed E-state index contributed by atoms with van der Waals surface area (Å²) in [4.78, 5) is 13.7. The molecule has 2 N–H and O–H groups in total. The van der Waals surface area contributed by atoms with E-state index in [2.05, 4.69) is 12.2 Å². The van der Waals surface area contributed by atoms with E-state index in [-0.39, 0.29) is 18.1 Å². The summed E-state index contributed by atoms with van der Waals surface area (Å²) in [5.41, 5.74) is 0. The molecule has 1 aliphatic carbocycles. The van der Waals surface area contributed by atoms with Gasteiger partial charge in [-0.1, -0.05) is 6.92 Å². The molecule has 15 heavy (non-hydrogen) atoms. The Morgan fingerprint density at radius 1 is 1.60 bits per heavy atom. The maximum atomic E-state index is 11.7. The first-order chi connectivity index (χ1) is 7.19. The van der Waals surface area contributed by atoms with Gasteiger partial charge in [0.05, 0.1) is 11.0 Å². The van der Waals surface area contributed by atoms with Crippen LogP contribution in [0.3, 0.4) is 0 Å². The van der Waals surface area contributed by atoms with Crippen LogP contribution in [0.1, 0.15) is 34.3 Å². The number of carbonyl (C=O) groups is 1. The third kappa shape index (κ3) is 2.38. The summed E-state index contributed by atoms with van der Waals surface area (Å²) < 4.78 is 0. The third-order valence-electron chi connectivity index (χ3n) is 2.68. The van der Waals surface area contributed by atoms with Gasteiger partial charge in [0.1, 0.15) is 0 Å². The van der Waals surface area contributed by atoms with Gasteiger partial charge in [-0.05, 0) is 31.4 Å². The molecule has 1 aromatic rings. The quantitative estimate of drug-likeness (QED) is 0.820. The first kappa shape index (κ1) is 10.6. The molecule has 0 unspecified atom stereocenters. The van der Waals surface area contributed by atoms with Gasteiger partial charge in [-0.2, -0.15) is 0 Å². The highest BCUT2D eigenvalue weighted by atomic mass is 32.1. The second kappa shape index (κ2) is 4.33. The lowest BCUT2D eigenvalue weighted by Crippen LogP contribution is -2.46. The minimum atomic E-state index is -0.218. The molecule has 1 aliphatic rings. The van der Waals surface area contributed by atoms with Crippen LogP contribution in [-0.4, -0.2) is 23.2 Å². The van der Waals surface area contributed by atoms with Crippen molar-refractivity contribution in [3.05, 3.63) is 21.9 Å². The Hall–Kier alpha value is -0.870. The monoisotopic (exact) mass is 225 g/mol. The average molecular weight is 225 g/mol. The lowest BCUT2D eigenvalue weighted by molar-refractivity contribution is 0.0564. The Kier molecular flexibility index (Phi) is 3.07. The fourth-order valence-electron chi connectivity index (χ4n) is 1.65. The van der Waals surface area contributed by atoms with E-state index < -0.39 is 0 Å². The second-order valence-electron chi connectivity index (χ2n) is 3.92. The number of aliphatic hydroxyl groups excluding tert-OH is 1. The summed E-state index contributed by atoms with van der Waals surface area (Å²) in [6.45, 7) is 2.08. The lowest BCUT2D eigenvalue weighted by Gasteiger charge is -2.31. The number of nitrogens with one attached hydrogen (secondary N) is 1. The van der Waals surface area contributed by atoms with Crippen LogP contribution in [0, 0.1) is 0 Å². The molecule has 3 nitrogen and oxygen atoms in total. The van der Waals surface area contributed by atoms with E-state index in [1.807, 2.05) is 12.1 Å². The third-order valence-corrected chi connectivity index (χ3v) is 3.91. The van der Waals surface area contributed by atoms with Crippen molar-refractivity contribution < 1.29 is 9.90 Å². The Morgan fingerprint density at radius 3 is 2.87 bits per heavy atom. The van der Waals surface area contributed by atoms with E-state index in [1.54, 1.807) is 11.3 Å². The molecule has 0 spiro atoms. The lowest BCUT2D eigenvalue weighted by atomic mass is 9.89. The van der Waals surface area contributed by atoms with Crippen molar-refractivity contribution in [1.82, 2.24) is 5.32 Å². The molecule has 1 amide bonds. The van der Waals surface area contributed by atoms with Crippen LogP contribution in [0.2, 0.25) is 0 Å². The highest BCUT2D eigenvalue weighted by molar-refractivity contribution is 7.14. The zero-order valence-corrected chi connectivity index (χ0v) is 9.51. The number of hydrogen-bond donors (Lipinski definition) is 2. The van der Waals surface area contributed by atoms with E-state index in [4.69, 9.17) is 5.11 Å². The zero-order valence-electron chi connectivity index (χ0n) is 8.69. The summed E-state index contributed by atoms with van der Waals surface area (Å²) >= 11 is 1.54. The molecule has 0 aliphatic heterocycles. The number of aryl methyl sites for hydroxylation is 1. The molecule has 0 radical (unpaired) electrons. The molecule has 1 heterocycles. The Labute approximate surface area is 93.1 Å². The number of hydrogen-bond acceptors (Lipinski definition) is 3. The van der Waals surface area contributed by atoms with E-state index in [0.717, 1.165) is 11.3 Å². The molecular formula is C11H15NO2S. The fraction of sp³-hybridized carbons (Fsp3) is 0.545. The van der Waals surface area contributed by atoms with Crippen molar-refractivity contribution in [1.29, 1.82) is 0 Å². The van der Waals surface area contributed by atoms with E-state index >= 15 is 0 Å². The van der Waals surface area contributed by atoms with Crippen LogP contribution < -0.4 is 5.32 Å². The highest BCUT2D eigenvalue weighted by Gasteiger charge is 2.28. The minimum absolute atomic E-state index is 0.00315. The maximum Gasteiger partial charge on any atom is 0.261 e. The molecule has 4 heteroatoms. The molecule has 0 saturated heterocycles. The van der Waals surface area contributed by atoms with Crippen molar-refractivity contribution in [2.75, 3.05) is 0 Å². The number of carbonyl (C=O) groups excluding carboxylic acids is 1. The smallest absolute Gasteiger partial charge is 0.261 e. The van der Waals surface area contributed by atoms with Gasteiger partial charge in [0, 0.05) is 10.9 Å². The normalized spacial score (nSPS) is 24.7. The van der Waals surface area contributed by atoms with Crippen LogP contribution in [0.15, 0.2) is 12.1 Å². The SMILES string of the molecule is CCc1ccc(C(=O)NC2CC(O)C2)s1. The number of amides is 1. The van der Waals surface area contributed by atoms with E-state index in [1.165, 1.54) is 4.88 Å². The fourth-order valence-corrected chi connectivity index (χ4v) is 2.50. The van der Waals surface area contributed by atoms with Crippen LogP contribution in [-0.2, 0) is 6.42 Å². The van der Waals surface area contributed by atoms with Gasteiger partial charge in [-0.3, -0.25) is 4.79 Å². The molecule has 0 atom stereocenters. The van der Waals surface area contributed by atoms with Gasteiger partial charge in [0.15, 0.2) is 0 Å². The maximum absolute atomic E-state index is 11.7. The van der Waals surface area contributed by atoms with E-state index in [0.29, 0.717) is 12.8 Å². The Bertz CT molecular complexity index is 355. The molecule has 1 aromatic heterocycles. The first-order valence-corrected chi connectivity index (χ1v) is 6.08. The molecule has 0 bridgehead atoms. The number of thiophene rings is 1. The van der Waals surface area contributed by atoms with E-state index in [9.17, 15) is 4.79 Å². The predicted molar refractivity (Wildman–Crippen MR) is 60.2 cm³/mol. The molecule has 2 rings (SSSR count). The van der Waals surface area contributed by atoms with Crippen LogP contribution in [0.25, 0.3) is 0 Å². The molecule has 1 saturated carbocycles. The zero-order chi connectivity index (χ0) is 10.8. The molecule has 0 aromatic carbocycles. The highest BCUT2D eigenvalue weighted by Crippen LogP contribution is 2.21. The average Bonchev–Trinajstić information content (AvgIpc) is 2.63. The van der Waals surface area contributed by atoms with Gasteiger partial charge in [0.25, 0.3) is 5.91 Å². The van der Waals surface area contributed by atoms with Gasteiger partial charge < -0.3 is 10.4 Å².